The van der Waals surface area contributed by atoms with Gasteiger partial charge in [-0.25, -0.2) is 0 Å². The first-order chi connectivity index (χ1) is 6.88. The van der Waals surface area contributed by atoms with Crippen molar-refractivity contribution in [2.24, 2.45) is 0 Å². The van der Waals surface area contributed by atoms with Crippen LogP contribution in [0.5, 0.6) is 0 Å². The highest BCUT2D eigenvalue weighted by Gasteiger charge is 2.11. The molecule has 6 heteroatoms. The molecule has 0 aromatic heterocycles. The van der Waals surface area contributed by atoms with Crippen molar-refractivity contribution in [3.63, 3.8) is 0 Å². The van der Waals surface area contributed by atoms with Gasteiger partial charge in [0.2, 0.25) is 0 Å². The van der Waals surface area contributed by atoms with Crippen LogP contribution in [0.25, 0.3) is 0 Å². The third-order valence-electron chi connectivity index (χ3n) is 1.69. The fraction of sp³-hybridized carbons (Fsp3) is 0.333. The zero-order valence-electron chi connectivity index (χ0n) is 8.05. The highest BCUT2D eigenvalue weighted by molar-refractivity contribution is 7.85. The summed E-state index contributed by atoms with van der Waals surface area (Å²) in [5, 5.41) is 10.1. The quantitative estimate of drug-likeness (QED) is 0.820. The molecule has 0 spiro atoms. The Labute approximate surface area is 93.6 Å². The first-order valence-electron chi connectivity index (χ1n) is 4.16. The summed E-state index contributed by atoms with van der Waals surface area (Å²) in [5.74, 6) is 0. The predicted octanol–water partition coefficient (Wildman–Crippen LogP) is 1.35. The second-order valence-corrected chi connectivity index (χ2v) is 5.14. The Morgan fingerprint density at radius 1 is 1.40 bits per heavy atom. The number of hydrogen-bond acceptors (Lipinski definition) is 4. The Kier molecular flexibility index (Phi) is 4.10. The molecule has 84 valence electrons. The van der Waals surface area contributed by atoms with Crippen LogP contribution in [0.3, 0.4) is 0 Å². The molecule has 4 nitrogen and oxygen atoms in total. The molecule has 0 heterocycles. The molecule has 0 bridgehead atoms. The minimum Gasteiger partial charge on any atom is -0.386 e. The first-order valence-corrected chi connectivity index (χ1v) is 6.36. The summed E-state index contributed by atoms with van der Waals surface area (Å²) >= 11 is 5.66. The zero-order valence-corrected chi connectivity index (χ0v) is 9.62. The van der Waals surface area contributed by atoms with E-state index in [1.165, 1.54) is 0 Å². The highest BCUT2D eigenvalue weighted by Crippen LogP contribution is 2.16. The van der Waals surface area contributed by atoms with E-state index >= 15 is 0 Å². The summed E-state index contributed by atoms with van der Waals surface area (Å²) < 4.78 is 25.8. The monoisotopic (exact) mass is 250 g/mol. The lowest BCUT2D eigenvalue weighted by molar-refractivity contribution is 0.112. The smallest absolute Gasteiger partial charge is 0.264 e. The molecule has 0 amide bonds. The van der Waals surface area contributed by atoms with Gasteiger partial charge in [0.15, 0.2) is 0 Å². The summed E-state index contributed by atoms with van der Waals surface area (Å²) in [6.07, 6.45) is -0.0429. The van der Waals surface area contributed by atoms with E-state index in [0.717, 1.165) is 6.26 Å². The summed E-state index contributed by atoms with van der Waals surface area (Å²) in [6, 6.07) is 6.44. The van der Waals surface area contributed by atoms with Crippen molar-refractivity contribution in [2.45, 2.75) is 6.10 Å². The van der Waals surface area contributed by atoms with Crippen molar-refractivity contribution in [1.29, 1.82) is 0 Å². The first kappa shape index (κ1) is 12.4. The van der Waals surface area contributed by atoms with Crippen LogP contribution in [0.2, 0.25) is 5.02 Å². The number of hydrogen-bond donors (Lipinski definition) is 1. The standard InChI is InChI=1S/C9H11ClO4S/c1-15(12,13)14-6-9(11)7-2-4-8(10)5-3-7/h2-5,9,11H,6H2,1H3. The predicted molar refractivity (Wildman–Crippen MR) is 57.2 cm³/mol. The molecule has 1 N–H and O–H groups in total. The lowest BCUT2D eigenvalue weighted by Crippen LogP contribution is -2.11. The van der Waals surface area contributed by atoms with Crippen molar-refractivity contribution >= 4 is 21.7 Å². The summed E-state index contributed by atoms with van der Waals surface area (Å²) in [6.45, 7) is -0.291. The van der Waals surface area contributed by atoms with E-state index < -0.39 is 16.2 Å². The van der Waals surface area contributed by atoms with E-state index in [0.29, 0.717) is 10.6 Å². The Bertz CT molecular complexity index is 412. The molecular formula is C9H11ClO4S. The Balaban J connectivity index is 2.61. The average molecular weight is 251 g/mol. The average Bonchev–Trinajstić information content (AvgIpc) is 2.14. The second kappa shape index (κ2) is 4.94. The van der Waals surface area contributed by atoms with E-state index in [2.05, 4.69) is 4.18 Å². The number of aliphatic hydroxyl groups excluding tert-OH is 1. The zero-order chi connectivity index (χ0) is 11.5. The van der Waals surface area contributed by atoms with Gasteiger partial charge < -0.3 is 5.11 Å². The Morgan fingerprint density at radius 3 is 2.40 bits per heavy atom. The molecule has 0 aliphatic heterocycles. The highest BCUT2D eigenvalue weighted by atomic mass is 35.5. The number of aliphatic hydroxyl groups is 1. The van der Waals surface area contributed by atoms with Gasteiger partial charge in [-0.05, 0) is 17.7 Å². The minimum atomic E-state index is -3.52. The minimum absolute atomic E-state index is 0.291. The maximum absolute atomic E-state index is 10.7. The molecule has 1 unspecified atom stereocenters. The van der Waals surface area contributed by atoms with Gasteiger partial charge in [-0.1, -0.05) is 23.7 Å². The van der Waals surface area contributed by atoms with Crippen LogP contribution in [0, 0.1) is 0 Å². The van der Waals surface area contributed by atoms with E-state index in [1.807, 2.05) is 0 Å². The Morgan fingerprint density at radius 2 is 1.93 bits per heavy atom. The second-order valence-electron chi connectivity index (χ2n) is 3.06. The molecule has 0 aliphatic rings. The van der Waals surface area contributed by atoms with Gasteiger partial charge in [0.05, 0.1) is 12.9 Å². The van der Waals surface area contributed by atoms with Crippen LogP contribution in [0.15, 0.2) is 24.3 Å². The number of rotatable bonds is 4. The molecule has 1 aromatic carbocycles. The summed E-state index contributed by atoms with van der Waals surface area (Å²) in [5.41, 5.74) is 0.558. The maximum atomic E-state index is 10.7. The van der Waals surface area contributed by atoms with Crippen LogP contribution < -0.4 is 0 Å². The van der Waals surface area contributed by atoms with Gasteiger partial charge in [0.1, 0.15) is 6.10 Å². The molecule has 0 radical (unpaired) electrons. The summed E-state index contributed by atoms with van der Waals surface area (Å²) in [4.78, 5) is 0. The molecule has 1 rings (SSSR count). The van der Waals surface area contributed by atoms with Crippen LogP contribution in [-0.2, 0) is 14.3 Å². The molecular weight excluding hydrogens is 240 g/mol. The van der Waals surface area contributed by atoms with E-state index in [1.54, 1.807) is 24.3 Å². The van der Waals surface area contributed by atoms with E-state index in [4.69, 9.17) is 11.6 Å². The van der Waals surface area contributed by atoms with Crippen molar-refractivity contribution in [1.82, 2.24) is 0 Å². The van der Waals surface area contributed by atoms with E-state index in [9.17, 15) is 13.5 Å². The van der Waals surface area contributed by atoms with Crippen LogP contribution >= 0.6 is 11.6 Å². The molecule has 15 heavy (non-hydrogen) atoms. The van der Waals surface area contributed by atoms with Crippen molar-refractivity contribution < 1.29 is 17.7 Å². The van der Waals surface area contributed by atoms with Crippen molar-refractivity contribution in [3.8, 4) is 0 Å². The third-order valence-corrected chi connectivity index (χ3v) is 2.51. The largest absolute Gasteiger partial charge is 0.386 e. The Hall–Kier alpha value is -0.620. The molecule has 1 atom stereocenters. The summed E-state index contributed by atoms with van der Waals surface area (Å²) in [7, 11) is -3.52. The lowest BCUT2D eigenvalue weighted by atomic mass is 10.1. The fourth-order valence-corrected chi connectivity index (χ4v) is 1.47. The van der Waals surface area contributed by atoms with Gasteiger partial charge in [-0.2, -0.15) is 8.42 Å². The third kappa shape index (κ3) is 4.61. The van der Waals surface area contributed by atoms with Crippen LogP contribution in [0.1, 0.15) is 11.7 Å². The normalized spacial score (nSPS) is 13.8. The molecule has 0 saturated carbocycles. The molecule has 0 saturated heterocycles. The van der Waals surface area contributed by atoms with Gasteiger partial charge >= 0.3 is 0 Å². The molecule has 0 fully saturated rings. The van der Waals surface area contributed by atoms with Gasteiger partial charge in [0.25, 0.3) is 10.1 Å². The number of benzene rings is 1. The van der Waals surface area contributed by atoms with E-state index in [-0.39, 0.29) is 6.61 Å². The van der Waals surface area contributed by atoms with Crippen molar-refractivity contribution in [2.75, 3.05) is 12.9 Å². The molecule has 0 aliphatic carbocycles. The SMILES string of the molecule is CS(=O)(=O)OCC(O)c1ccc(Cl)cc1. The molecule has 1 aromatic rings. The lowest BCUT2D eigenvalue weighted by Gasteiger charge is -2.10. The van der Waals surface area contributed by atoms with Crippen molar-refractivity contribution in [3.05, 3.63) is 34.9 Å². The number of halogens is 1. The fourth-order valence-electron chi connectivity index (χ4n) is 0.969. The van der Waals surface area contributed by atoms with Gasteiger partial charge in [0, 0.05) is 5.02 Å². The maximum Gasteiger partial charge on any atom is 0.264 e. The topological polar surface area (TPSA) is 63.6 Å². The van der Waals surface area contributed by atoms with Crippen LogP contribution in [-0.4, -0.2) is 26.4 Å². The van der Waals surface area contributed by atoms with Gasteiger partial charge in [-0.15, -0.1) is 0 Å². The van der Waals surface area contributed by atoms with Crippen LogP contribution in [0.4, 0.5) is 0 Å². The van der Waals surface area contributed by atoms with Gasteiger partial charge in [-0.3, -0.25) is 4.18 Å².